The van der Waals surface area contributed by atoms with Crippen LogP contribution >= 0.6 is 23.2 Å². The minimum Gasteiger partial charge on any atom is -0.307 e. The maximum Gasteiger partial charge on any atom is 0.254 e. The number of amides is 2. The quantitative estimate of drug-likeness (QED) is 0.616. The number of hydrogen-bond donors (Lipinski definition) is 0. The Bertz CT molecular complexity index is 1050. The third kappa shape index (κ3) is 4.28. The average molecular weight is 458 g/mol. The molecule has 3 rings (SSSR count). The van der Waals surface area contributed by atoms with Crippen LogP contribution in [0.5, 0.6) is 0 Å². The van der Waals surface area contributed by atoms with E-state index >= 15 is 0 Å². The van der Waals surface area contributed by atoms with E-state index in [0.29, 0.717) is 27.7 Å². The van der Waals surface area contributed by atoms with E-state index < -0.39 is 17.1 Å². The lowest BCUT2D eigenvalue weighted by Gasteiger charge is -2.42. The summed E-state index contributed by atoms with van der Waals surface area (Å²) in [5, 5.41) is 9.89. The summed E-state index contributed by atoms with van der Waals surface area (Å²) >= 11 is 12.5. The molecule has 0 aromatic heterocycles. The molecule has 2 unspecified atom stereocenters. The monoisotopic (exact) mass is 457 g/mol. The summed E-state index contributed by atoms with van der Waals surface area (Å²) in [6, 6.07) is 14.2. The van der Waals surface area contributed by atoms with Crippen molar-refractivity contribution in [3.8, 4) is 6.07 Å². The number of nitriles is 1. The molecule has 0 N–H and O–H groups in total. The molecule has 1 aliphatic rings. The predicted molar refractivity (Wildman–Crippen MR) is 123 cm³/mol. The molecule has 0 saturated carbocycles. The van der Waals surface area contributed by atoms with Crippen LogP contribution in [0, 0.1) is 16.7 Å². The molecule has 0 aliphatic carbocycles. The van der Waals surface area contributed by atoms with Crippen LogP contribution in [0.1, 0.15) is 45.7 Å². The van der Waals surface area contributed by atoms with Gasteiger partial charge >= 0.3 is 0 Å². The fourth-order valence-electron chi connectivity index (χ4n) is 4.35. The molecule has 162 valence electrons. The number of hydrogen-bond acceptors (Lipinski definition) is 3. The molecule has 31 heavy (non-hydrogen) atoms. The number of nitrogens with zero attached hydrogens (tertiary/aromatic N) is 3. The van der Waals surface area contributed by atoms with Crippen molar-refractivity contribution in [2.24, 2.45) is 5.41 Å². The van der Waals surface area contributed by atoms with Crippen LogP contribution in [0.4, 0.5) is 5.69 Å². The number of anilines is 1. The lowest BCUT2D eigenvalue weighted by molar-refractivity contribution is -0.141. The van der Waals surface area contributed by atoms with E-state index in [4.69, 9.17) is 28.5 Å². The van der Waals surface area contributed by atoms with E-state index in [1.54, 1.807) is 47.1 Å². The van der Waals surface area contributed by atoms with Crippen molar-refractivity contribution >= 4 is 40.7 Å². The van der Waals surface area contributed by atoms with Gasteiger partial charge in [-0.1, -0.05) is 56.1 Å². The molecule has 0 radical (unpaired) electrons. The number of carbonyl (C=O) groups is 2. The third-order valence-electron chi connectivity index (χ3n) is 5.57. The van der Waals surface area contributed by atoms with Crippen molar-refractivity contribution in [3.05, 3.63) is 63.6 Å². The van der Waals surface area contributed by atoms with Crippen LogP contribution in [0.25, 0.3) is 0 Å². The molecule has 5 nitrogen and oxygen atoms in total. The largest absolute Gasteiger partial charge is 0.307 e. The molecule has 2 atom stereocenters. The van der Waals surface area contributed by atoms with Gasteiger partial charge in [-0.3, -0.25) is 14.5 Å². The Morgan fingerprint density at radius 1 is 1.13 bits per heavy atom. The van der Waals surface area contributed by atoms with Gasteiger partial charge in [-0.2, -0.15) is 5.26 Å². The smallest absolute Gasteiger partial charge is 0.254 e. The molecular formula is C24H25Cl2N3O2. The van der Waals surface area contributed by atoms with E-state index in [-0.39, 0.29) is 11.8 Å². The Kier molecular flexibility index (Phi) is 6.10. The highest BCUT2D eigenvalue weighted by Crippen LogP contribution is 2.44. The second kappa shape index (κ2) is 8.18. The normalized spacial score (nSPS) is 21.4. The zero-order valence-electron chi connectivity index (χ0n) is 18.2. The minimum atomic E-state index is -1.12. The third-order valence-corrected chi connectivity index (χ3v) is 6.01. The molecule has 1 aliphatic heterocycles. The second-order valence-electron chi connectivity index (χ2n) is 9.19. The van der Waals surface area contributed by atoms with Gasteiger partial charge in [-0.25, -0.2) is 0 Å². The first kappa shape index (κ1) is 23.1. The standard InChI is InChI=1S/C24H25Cl2N3O2/c1-15(30)29-21(23(2,3)4)28(20-11-18(25)10-19(26)12-20)22(31)24(29,5)13-16-6-8-17(14-27)9-7-16/h6-12,21H,13H2,1-5H3. The molecular weight excluding hydrogens is 433 g/mol. The van der Waals surface area contributed by atoms with E-state index in [1.165, 1.54) is 6.92 Å². The second-order valence-corrected chi connectivity index (χ2v) is 10.1. The first-order chi connectivity index (χ1) is 14.4. The van der Waals surface area contributed by atoms with Crippen LogP contribution in [-0.2, 0) is 16.0 Å². The number of halogens is 2. The summed E-state index contributed by atoms with van der Waals surface area (Å²) in [7, 11) is 0. The Balaban J connectivity index is 2.17. The summed E-state index contributed by atoms with van der Waals surface area (Å²) in [5.74, 6) is -0.398. The number of carbonyl (C=O) groups excluding carboxylic acids is 2. The van der Waals surface area contributed by atoms with Gasteiger partial charge in [-0.05, 0) is 42.8 Å². The topological polar surface area (TPSA) is 64.4 Å². The molecule has 0 spiro atoms. The number of rotatable bonds is 3. The first-order valence-electron chi connectivity index (χ1n) is 9.97. The van der Waals surface area contributed by atoms with Gasteiger partial charge in [-0.15, -0.1) is 0 Å². The highest BCUT2D eigenvalue weighted by Gasteiger charge is 2.59. The molecule has 1 fully saturated rings. The van der Waals surface area contributed by atoms with Gasteiger partial charge in [0.15, 0.2) is 0 Å². The fourth-order valence-corrected chi connectivity index (χ4v) is 4.86. The number of benzene rings is 2. The van der Waals surface area contributed by atoms with E-state index in [9.17, 15) is 9.59 Å². The van der Waals surface area contributed by atoms with Crippen molar-refractivity contribution in [1.29, 1.82) is 5.26 Å². The van der Waals surface area contributed by atoms with Crippen LogP contribution < -0.4 is 4.90 Å². The van der Waals surface area contributed by atoms with Crippen molar-refractivity contribution < 1.29 is 9.59 Å². The summed E-state index contributed by atoms with van der Waals surface area (Å²) in [5.41, 5.74) is 0.389. The van der Waals surface area contributed by atoms with Crippen LogP contribution in [0.15, 0.2) is 42.5 Å². The maximum atomic E-state index is 13.9. The van der Waals surface area contributed by atoms with Crippen LogP contribution in [0.2, 0.25) is 10.0 Å². The van der Waals surface area contributed by atoms with Crippen molar-refractivity contribution in [2.75, 3.05) is 4.90 Å². The molecule has 2 aromatic rings. The molecule has 2 aromatic carbocycles. The zero-order valence-corrected chi connectivity index (χ0v) is 19.8. The maximum absolute atomic E-state index is 13.9. The average Bonchev–Trinajstić information content (AvgIpc) is 2.89. The highest BCUT2D eigenvalue weighted by atomic mass is 35.5. The van der Waals surface area contributed by atoms with E-state index in [1.807, 2.05) is 32.9 Å². The van der Waals surface area contributed by atoms with E-state index in [0.717, 1.165) is 5.56 Å². The van der Waals surface area contributed by atoms with Gasteiger partial charge in [0.2, 0.25) is 5.91 Å². The Morgan fingerprint density at radius 2 is 1.68 bits per heavy atom. The van der Waals surface area contributed by atoms with Gasteiger partial charge in [0.25, 0.3) is 5.91 Å². The summed E-state index contributed by atoms with van der Waals surface area (Å²) in [6.45, 7) is 9.26. The summed E-state index contributed by atoms with van der Waals surface area (Å²) in [6.07, 6.45) is -0.218. The van der Waals surface area contributed by atoms with Crippen LogP contribution in [0.3, 0.4) is 0 Å². The van der Waals surface area contributed by atoms with Crippen molar-refractivity contribution in [3.63, 3.8) is 0 Å². The summed E-state index contributed by atoms with van der Waals surface area (Å²) < 4.78 is 0. The predicted octanol–water partition coefficient (Wildman–Crippen LogP) is 5.43. The molecule has 7 heteroatoms. The lowest BCUT2D eigenvalue weighted by atomic mass is 9.87. The SMILES string of the molecule is CC(=O)N1C(C(C)(C)C)N(c2cc(Cl)cc(Cl)c2)C(=O)C1(C)Cc1ccc(C#N)cc1. The Hall–Kier alpha value is -2.55. The lowest BCUT2D eigenvalue weighted by Crippen LogP contribution is -2.55. The van der Waals surface area contributed by atoms with Crippen LogP contribution in [-0.4, -0.2) is 28.4 Å². The molecule has 0 bridgehead atoms. The molecule has 2 amide bonds. The summed E-state index contributed by atoms with van der Waals surface area (Å²) in [4.78, 5) is 30.2. The van der Waals surface area contributed by atoms with E-state index in [2.05, 4.69) is 6.07 Å². The molecule has 1 heterocycles. The fraction of sp³-hybridized carbons (Fsp3) is 0.375. The van der Waals surface area contributed by atoms with Gasteiger partial charge in [0.1, 0.15) is 11.7 Å². The highest BCUT2D eigenvalue weighted by molar-refractivity contribution is 6.35. The molecule has 1 saturated heterocycles. The Morgan fingerprint density at radius 3 is 2.13 bits per heavy atom. The van der Waals surface area contributed by atoms with Gasteiger partial charge in [0, 0.05) is 34.5 Å². The van der Waals surface area contributed by atoms with Gasteiger partial charge in [0.05, 0.1) is 11.6 Å². The zero-order chi connectivity index (χ0) is 23.1. The first-order valence-corrected chi connectivity index (χ1v) is 10.7. The Labute approximate surface area is 193 Å². The minimum absolute atomic E-state index is 0.194. The van der Waals surface area contributed by atoms with Crippen molar-refractivity contribution in [2.45, 2.75) is 52.7 Å². The van der Waals surface area contributed by atoms with Gasteiger partial charge < -0.3 is 4.90 Å². The van der Waals surface area contributed by atoms with Crippen molar-refractivity contribution in [1.82, 2.24) is 4.90 Å².